The number of imidazole rings is 1. The van der Waals surface area contributed by atoms with Crippen molar-refractivity contribution < 1.29 is 19.4 Å². The van der Waals surface area contributed by atoms with Gasteiger partial charge in [-0.3, -0.25) is 13.9 Å². The minimum Gasteiger partial charge on any atom is -0.449 e. The summed E-state index contributed by atoms with van der Waals surface area (Å²) in [7, 11) is 0. The molecule has 1 amide bonds. The predicted molar refractivity (Wildman–Crippen MR) is 118 cm³/mol. The number of fused-ring (bicyclic) bond motifs is 1. The highest BCUT2D eigenvalue weighted by Crippen LogP contribution is 2.59. The van der Waals surface area contributed by atoms with Crippen LogP contribution in [0.1, 0.15) is 54.7 Å². The molecule has 33 heavy (non-hydrogen) atoms. The lowest BCUT2D eigenvalue weighted by Crippen LogP contribution is -2.51. The van der Waals surface area contributed by atoms with E-state index in [0.29, 0.717) is 23.6 Å². The number of carbonyl (C=O) groups excluding carboxylic acids is 1. The molecule has 2 N–H and O–H groups in total. The molecule has 9 heteroatoms. The van der Waals surface area contributed by atoms with Crippen LogP contribution < -0.4 is 10.1 Å². The Morgan fingerprint density at radius 2 is 1.85 bits per heavy atom. The van der Waals surface area contributed by atoms with Gasteiger partial charge in [-0.2, -0.15) is 5.10 Å². The second-order valence-electron chi connectivity index (χ2n) is 10.2. The van der Waals surface area contributed by atoms with E-state index in [1.165, 1.54) is 50.9 Å². The summed E-state index contributed by atoms with van der Waals surface area (Å²) < 4.78 is 7.97. The van der Waals surface area contributed by atoms with Crippen LogP contribution in [0.5, 0.6) is 5.75 Å². The molecule has 3 aromatic heterocycles. The predicted octanol–water partition coefficient (Wildman–Crippen LogP) is 3.58. The summed E-state index contributed by atoms with van der Waals surface area (Å²) >= 11 is 0. The van der Waals surface area contributed by atoms with E-state index in [9.17, 15) is 9.59 Å². The van der Waals surface area contributed by atoms with Crippen LogP contribution >= 0.6 is 0 Å². The van der Waals surface area contributed by atoms with E-state index in [2.05, 4.69) is 20.1 Å². The van der Waals surface area contributed by atoms with Gasteiger partial charge in [0.15, 0.2) is 5.75 Å². The van der Waals surface area contributed by atoms with Gasteiger partial charge in [0, 0.05) is 12.7 Å². The molecular weight excluding hydrogens is 422 g/mol. The summed E-state index contributed by atoms with van der Waals surface area (Å²) in [5.41, 5.74) is 2.24. The van der Waals surface area contributed by atoms with E-state index in [0.717, 1.165) is 24.3 Å². The molecule has 0 aromatic carbocycles. The van der Waals surface area contributed by atoms with Crippen molar-refractivity contribution in [2.75, 3.05) is 6.54 Å². The number of rotatable bonds is 6. The maximum atomic E-state index is 13.2. The van der Waals surface area contributed by atoms with Gasteiger partial charge in [0.05, 0.1) is 24.6 Å². The van der Waals surface area contributed by atoms with Crippen molar-refractivity contribution in [3.05, 3.63) is 48.2 Å². The maximum Gasteiger partial charge on any atom is 0.511 e. The molecule has 4 saturated carbocycles. The van der Waals surface area contributed by atoms with Gasteiger partial charge in [-0.25, -0.2) is 9.78 Å². The zero-order chi connectivity index (χ0) is 22.6. The molecule has 9 nitrogen and oxygen atoms in total. The van der Waals surface area contributed by atoms with Crippen LogP contribution in [0.25, 0.3) is 5.65 Å². The minimum absolute atomic E-state index is 0.0727. The van der Waals surface area contributed by atoms with Crippen LogP contribution in [0, 0.1) is 23.2 Å². The summed E-state index contributed by atoms with van der Waals surface area (Å²) in [5, 5.41) is 16.1. The lowest BCUT2D eigenvalue weighted by molar-refractivity contribution is -0.0503. The number of carboxylic acid groups (broad SMARTS) is 1. The van der Waals surface area contributed by atoms with Crippen LogP contribution in [0.4, 0.5) is 4.79 Å². The number of hydrogen-bond donors (Lipinski definition) is 2. The molecule has 0 unspecified atom stereocenters. The smallest absolute Gasteiger partial charge is 0.449 e. The number of nitrogens with zero attached hydrogens (tertiary/aromatic N) is 4. The third-order valence-electron chi connectivity index (χ3n) is 7.70. The molecule has 4 aliphatic carbocycles. The molecule has 4 fully saturated rings. The number of pyridine rings is 1. The number of nitrogens with one attached hydrogen (secondary N) is 1. The van der Waals surface area contributed by atoms with Crippen molar-refractivity contribution in [3.8, 4) is 5.75 Å². The van der Waals surface area contributed by atoms with Crippen LogP contribution in [0.2, 0.25) is 0 Å². The molecule has 0 radical (unpaired) electrons. The summed E-state index contributed by atoms with van der Waals surface area (Å²) in [6, 6.07) is 5.53. The van der Waals surface area contributed by atoms with E-state index in [4.69, 9.17) is 5.11 Å². The average Bonchev–Trinajstić information content (AvgIpc) is 3.36. The van der Waals surface area contributed by atoms with Crippen molar-refractivity contribution in [3.63, 3.8) is 0 Å². The van der Waals surface area contributed by atoms with Crippen molar-refractivity contribution in [1.29, 1.82) is 0 Å². The molecule has 3 heterocycles. The van der Waals surface area contributed by atoms with Crippen LogP contribution in [-0.2, 0) is 6.54 Å². The highest BCUT2D eigenvalue weighted by molar-refractivity contribution is 5.93. The van der Waals surface area contributed by atoms with Gasteiger partial charge in [0.2, 0.25) is 0 Å². The first-order chi connectivity index (χ1) is 15.9. The third kappa shape index (κ3) is 3.85. The first-order valence-corrected chi connectivity index (χ1v) is 11.6. The topological polar surface area (TPSA) is 111 Å². The number of ether oxygens (including phenoxy) is 1. The van der Waals surface area contributed by atoms with Gasteiger partial charge < -0.3 is 15.2 Å². The Morgan fingerprint density at radius 1 is 1.12 bits per heavy atom. The van der Waals surface area contributed by atoms with Gasteiger partial charge in [-0.15, -0.1) is 0 Å². The largest absolute Gasteiger partial charge is 0.511 e. The lowest BCUT2D eigenvalue weighted by Gasteiger charge is -2.56. The van der Waals surface area contributed by atoms with E-state index in [-0.39, 0.29) is 17.1 Å². The van der Waals surface area contributed by atoms with Crippen LogP contribution in [-0.4, -0.2) is 42.9 Å². The summed E-state index contributed by atoms with van der Waals surface area (Å²) in [5.74, 6) is 2.65. The van der Waals surface area contributed by atoms with Crippen molar-refractivity contribution >= 4 is 17.7 Å². The highest BCUT2D eigenvalue weighted by Gasteiger charge is 2.50. The Balaban J connectivity index is 1.17. The average molecular weight is 450 g/mol. The fourth-order valence-corrected chi connectivity index (χ4v) is 6.94. The third-order valence-corrected chi connectivity index (χ3v) is 7.70. The molecule has 7 rings (SSSR count). The molecule has 0 saturated heterocycles. The summed E-state index contributed by atoms with van der Waals surface area (Å²) in [4.78, 5) is 28.4. The zero-order valence-electron chi connectivity index (χ0n) is 18.3. The van der Waals surface area contributed by atoms with E-state index < -0.39 is 6.16 Å². The molecule has 4 aliphatic rings. The Labute approximate surface area is 190 Å². The number of aromatic nitrogens is 4. The fourth-order valence-electron chi connectivity index (χ4n) is 6.94. The molecule has 3 aromatic rings. The monoisotopic (exact) mass is 449 g/mol. The Kier molecular flexibility index (Phi) is 4.67. The quantitative estimate of drug-likeness (QED) is 0.557. The Hall–Kier alpha value is -3.36. The first kappa shape index (κ1) is 20.3. The Morgan fingerprint density at radius 3 is 2.55 bits per heavy atom. The zero-order valence-corrected chi connectivity index (χ0v) is 18.3. The number of carbonyl (C=O) groups is 2. The number of hydrogen-bond acceptors (Lipinski definition) is 5. The van der Waals surface area contributed by atoms with Gasteiger partial charge in [-0.1, -0.05) is 6.07 Å². The van der Waals surface area contributed by atoms with Gasteiger partial charge >= 0.3 is 6.16 Å². The minimum atomic E-state index is -1.38. The molecule has 0 spiro atoms. The van der Waals surface area contributed by atoms with Crippen LogP contribution in [0.15, 0.2) is 36.8 Å². The maximum absolute atomic E-state index is 13.2. The van der Waals surface area contributed by atoms with E-state index in [1.807, 2.05) is 28.8 Å². The second-order valence-corrected chi connectivity index (χ2v) is 10.2. The van der Waals surface area contributed by atoms with Crippen molar-refractivity contribution in [2.45, 2.75) is 45.1 Å². The van der Waals surface area contributed by atoms with Gasteiger partial charge in [0.1, 0.15) is 11.3 Å². The standard InChI is InChI=1S/C24H27N5O4/c30-22(25-14-24-7-15-4-16(8-24)6-17(5-15)9-24)20-2-1-3-21-27-18(12-29(20)21)11-28-13-19(10-26-28)33-23(31)32/h1-3,10,12-13,15-17H,4-9,11,14H2,(H,25,30)(H,31,32). The molecule has 0 aliphatic heterocycles. The first-order valence-electron chi connectivity index (χ1n) is 11.6. The molecular formula is C24H27N5O4. The van der Waals surface area contributed by atoms with Gasteiger partial charge in [-0.05, 0) is 73.8 Å². The van der Waals surface area contributed by atoms with E-state index >= 15 is 0 Å². The summed E-state index contributed by atoms with van der Waals surface area (Å²) in [6.45, 7) is 1.09. The number of amides is 1. The second kappa shape index (κ2) is 7.60. The summed E-state index contributed by atoms with van der Waals surface area (Å²) in [6.07, 6.45) is 11.2. The lowest BCUT2D eigenvalue weighted by atomic mass is 9.49. The van der Waals surface area contributed by atoms with E-state index in [1.54, 1.807) is 4.68 Å². The van der Waals surface area contributed by atoms with Crippen molar-refractivity contribution in [2.24, 2.45) is 23.2 Å². The molecule has 172 valence electrons. The fraction of sp³-hybridized carbons (Fsp3) is 0.500. The molecule has 4 bridgehead atoms. The molecule has 0 atom stereocenters. The van der Waals surface area contributed by atoms with Crippen LogP contribution in [0.3, 0.4) is 0 Å². The highest BCUT2D eigenvalue weighted by atomic mass is 16.7. The SMILES string of the molecule is O=C(O)Oc1cnn(Cc2cn3c(C(=O)NCC45CC6CC(CC(C6)C4)C5)cccc3n2)c1. The van der Waals surface area contributed by atoms with Gasteiger partial charge in [0.25, 0.3) is 5.91 Å². The normalized spacial score (nSPS) is 27.7. The Bertz CT molecular complexity index is 1190. The van der Waals surface area contributed by atoms with Crippen molar-refractivity contribution in [1.82, 2.24) is 24.5 Å².